The zero-order chi connectivity index (χ0) is 19.5. The molecular formula is C21H18BrFN4O. The number of anilines is 1. The number of carbonyl (C=O) groups excluding carboxylic acids is 1. The first kappa shape index (κ1) is 18.6. The van der Waals surface area contributed by atoms with E-state index in [0.717, 1.165) is 11.4 Å². The van der Waals surface area contributed by atoms with Gasteiger partial charge in [0.25, 0.3) is 5.91 Å². The first-order chi connectivity index (χ1) is 13.6. The first-order valence-corrected chi connectivity index (χ1v) is 9.79. The molecule has 7 heteroatoms. The van der Waals surface area contributed by atoms with Gasteiger partial charge in [0.15, 0.2) is 5.82 Å². The minimum atomic E-state index is -0.509. The molecule has 2 aromatic carbocycles. The molecule has 1 fully saturated rings. The largest absolute Gasteiger partial charge is 0.353 e. The van der Waals surface area contributed by atoms with Gasteiger partial charge in [0.2, 0.25) is 0 Å². The Labute approximate surface area is 171 Å². The van der Waals surface area contributed by atoms with Gasteiger partial charge in [-0.25, -0.2) is 14.4 Å². The summed E-state index contributed by atoms with van der Waals surface area (Å²) in [5.74, 6) is 0.715. The van der Waals surface area contributed by atoms with Gasteiger partial charge in [0, 0.05) is 42.4 Å². The van der Waals surface area contributed by atoms with Crippen LogP contribution in [0.15, 0.2) is 65.3 Å². The maximum absolute atomic E-state index is 14.1. The van der Waals surface area contributed by atoms with E-state index in [4.69, 9.17) is 0 Å². The average molecular weight is 441 g/mol. The topological polar surface area (TPSA) is 49.3 Å². The molecule has 5 nitrogen and oxygen atoms in total. The van der Waals surface area contributed by atoms with Crippen molar-refractivity contribution in [2.24, 2.45) is 0 Å². The van der Waals surface area contributed by atoms with Gasteiger partial charge in [-0.05, 0) is 24.3 Å². The van der Waals surface area contributed by atoms with Crippen LogP contribution in [0.2, 0.25) is 0 Å². The highest BCUT2D eigenvalue weighted by Gasteiger charge is 2.25. The van der Waals surface area contributed by atoms with Crippen molar-refractivity contribution in [1.82, 2.24) is 14.9 Å². The Bertz CT molecular complexity index is 991. The minimum absolute atomic E-state index is 0.102. The van der Waals surface area contributed by atoms with Crippen LogP contribution in [0, 0.1) is 5.82 Å². The summed E-state index contributed by atoms with van der Waals surface area (Å²) in [5.41, 5.74) is 1.06. The lowest BCUT2D eigenvalue weighted by atomic mass is 10.1. The molecule has 4 rings (SSSR count). The molecule has 2 heterocycles. The summed E-state index contributed by atoms with van der Waals surface area (Å²) in [5, 5.41) is 0. The highest BCUT2D eigenvalue weighted by molar-refractivity contribution is 9.10. The van der Waals surface area contributed by atoms with E-state index in [9.17, 15) is 9.18 Å². The number of hydrogen-bond donors (Lipinski definition) is 0. The van der Waals surface area contributed by atoms with E-state index in [2.05, 4.69) is 30.8 Å². The van der Waals surface area contributed by atoms with Crippen LogP contribution in [0.3, 0.4) is 0 Å². The van der Waals surface area contributed by atoms with E-state index in [-0.39, 0.29) is 11.5 Å². The molecule has 28 heavy (non-hydrogen) atoms. The Balaban J connectivity index is 1.45. The monoisotopic (exact) mass is 440 g/mol. The van der Waals surface area contributed by atoms with E-state index in [1.54, 1.807) is 17.2 Å². The normalized spacial score (nSPS) is 14.2. The molecule has 0 spiro atoms. The standard InChI is InChI=1S/C21H18BrFN4O/c22-16-6-7-17(18(23)14-16)21(28)27-12-10-26(11-13-27)19-8-9-24-20(25-19)15-4-2-1-3-5-15/h1-9,14H,10-13H2. The molecule has 1 amide bonds. The number of rotatable bonds is 3. The van der Waals surface area contributed by atoms with E-state index >= 15 is 0 Å². The molecule has 1 saturated heterocycles. The van der Waals surface area contributed by atoms with Gasteiger partial charge in [0.1, 0.15) is 11.6 Å². The first-order valence-electron chi connectivity index (χ1n) is 8.99. The highest BCUT2D eigenvalue weighted by atomic mass is 79.9. The zero-order valence-corrected chi connectivity index (χ0v) is 16.6. The molecule has 1 aromatic heterocycles. The van der Waals surface area contributed by atoms with E-state index in [1.165, 1.54) is 12.1 Å². The predicted molar refractivity (Wildman–Crippen MR) is 110 cm³/mol. The number of nitrogens with zero attached hydrogens (tertiary/aromatic N) is 4. The van der Waals surface area contributed by atoms with Crippen molar-refractivity contribution in [2.45, 2.75) is 0 Å². The third-order valence-corrected chi connectivity index (χ3v) is 5.22. The van der Waals surface area contributed by atoms with Gasteiger partial charge in [0.05, 0.1) is 5.56 Å². The summed E-state index contributed by atoms with van der Waals surface area (Å²) in [6.07, 6.45) is 1.75. The van der Waals surface area contributed by atoms with Gasteiger partial charge < -0.3 is 9.80 Å². The van der Waals surface area contributed by atoms with Crippen molar-refractivity contribution in [3.05, 3.63) is 76.6 Å². The Morgan fingerprint density at radius 1 is 1.00 bits per heavy atom. The number of hydrogen-bond acceptors (Lipinski definition) is 4. The van der Waals surface area contributed by atoms with Gasteiger partial charge in [-0.1, -0.05) is 46.3 Å². The quantitative estimate of drug-likeness (QED) is 0.617. The van der Waals surface area contributed by atoms with Crippen molar-refractivity contribution in [3.63, 3.8) is 0 Å². The van der Waals surface area contributed by atoms with Gasteiger partial charge >= 0.3 is 0 Å². The van der Waals surface area contributed by atoms with Crippen molar-refractivity contribution in [2.75, 3.05) is 31.1 Å². The summed E-state index contributed by atoms with van der Waals surface area (Å²) in [7, 11) is 0. The third-order valence-electron chi connectivity index (χ3n) is 4.73. The Kier molecular flexibility index (Phi) is 5.34. The highest BCUT2D eigenvalue weighted by Crippen LogP contribution is 2.21. The third kappa shape index (κ3) is 3.89. The number of piperazine rings is 1. The van der Waals surface area contributed by atoms with Crippen molar-refractivity contribution in [3.8, 4) is 11.4 Å². The van der Waals surface area contributed by atoms with Crippen molar-refractivity contribution in [1.29, 1.82) is 0 Å². The summed E-state index contributed by atoms with van der Waals surface area (Å²) in [6.45, 7) is 2.29. The Morgan fingerprint density at radius 2 is 1.75 bits per heavy atom. The van der Waals surface area contributed by atoms with E-state index in [1.807, 2.05) is 36.4 Å². The molecule has 0 radical (unpaired) electrons. The molecule has 0 unspecified atom stereocenters. The fourth-order valence-electron chi connectivity index (χ4n) is 3.22. The molecular weight excluding hydrogens is 423 g/mol. The zero-order valence-electron chi connectivity index (χ0n) is 15.1. The molecule has 0 bridgehead atoms. The lowest BCUT2D eigenvalue weighted by Crippen LogP contribution is -2.49. The van der Waals surface area contributed by atoms with Crippen LogP contribution in [-0.4, -0.2) is 47.0 Å². The van der Waals surface area contributed by atoms with Crippen LogP contribution >= 0.6 is 15.9 Å². The van der Waals surface area contributed by atoms with Gasteiger partial charge in [-0.15, -0.1) is 0 Å². The lowest BCUT2D eigenvalue weighted by molar-refractivity contribution is 0.0742. The van der Waals surface area contributed by atoms with Crippen LogP contribution in [0.1, 0.15) is 10.4 Å². The number of benzene rings is 2. The maximum atomic E-state index is 14.1. The molecule has 3 aromatic rings. The van der Waals surface area contributed by atoms with Crippen molar-refractivity contribution >= 4 is 27.7 Å². The van der Waals surface area contributed by atoms with E-state index in [0.29, 0.717) is 36.5 Å². The smallest absolute Gasteiger partial charge is 0.256 e. The van der Waals surface area contributed by atoms with Crippen LogP contribution in [0.5, 0.6) is 0 Å². The summed E-state index contributed by atoms with van der Waals surface area (Å²) in [6, 6.07) is 16.2. The van der Waals surface area contributed by atoms with Crippen LogP contribution in [0.25, 0.3) is 11.4 Å². The SMILES string of the molecule is O=C(c1ccc(Br)cc1F)N1CCN(c2ccnc(-c3ccccc3)n2)CC1. The summed E-state index contributed by atoms with van der Waals surface area (Å²) in [4.78, 5) is 25.5. The second-order valence-corrected chi connectivity index (χ2v) is 7.42. The summed E-state index contributed by atoms with van der Waals surface area (Å²) < 4.78 is 14.7. The second-order valence-electron chi connectivity index (χ2n) is 6.51. The van der Waals surface area contributed by atoms with Crippen LogP contribution in [0.4, 0.5) is 10.2 Å². The van der Waals surface area contributed by atoms with Crippen molar-refractivity contribution < 1.29 is 9.18 Å². The second kappa shape index (κ2) is 8.06. The van der Waals surface area contributed by atoms with E-state index < -0.39 is 5.82 Å². The van der Waals surface area contributed by atoms with Crippen LogP contribution < -0.4 is 4.90 Å². The van der Waals surface area contributed by atoms with Gasteiger partial charge in [-0.3, -0.25) is 4.79 Å². The predicted octanol–water partition coefficient (Wildman–Crippen LogP) is 4.01. The molecule has 0 N–H and O–H groups in total. The fourth-order valence-corrected chi connectivity index (χ4v) is 3.56. The molecule has 1 aliphatic heterocycles. The molecule has 1 aliphatic rings. The molecule has 0 atom stereocenters. The molecule has 0 saturated carbocycles. The van der Waals surface area contributed by atoms with Gasteiger partial charge in [-0.2, -0.15) is 0 Å². The minimum Gasteiger partial charge on any atom is -0.353 e. The number of aromatic nitrogens is 2. The molecule has 142 valence electrons. The number of halogens is 2. The number of amides is 1. The average Bonchev–Trinajstić information content (AvgIpc) is 2.74. The lowest BCUT2D eigenvalue weighted by Gasteiger charge is -2.35. The maximum Gasteiger partial charge on any atom is 0.256 e. The summed E-state index contributed by atoms with van der Waals surface area (Å²) >= 11 is 3.21. The molecule has 0 aliphatic carbocycles. The fraction of sp³-hybridized carbons (Fsp3) is 0.190. The number of carbonyl (C=O) groups is 1. The Hall–Kier alpha value is -2.80. The van der Waals surface area contributed by atoms with Crippen LogP contribution in [-0.2, 0) is 0 Å². The Morgan fingerprint density at radius 3 is 2.46 bits per heavy atom.